The second kappa shape index (κ2) is 6.81. The van der Waals surface area contributed by atoms with E-state index in [2.05, 4.69) is 10.3 Å². The van der Waals surface area contributed by atoms with E-state index in [1.165, 1.54) is 18.5 Å². The number of nitrogens with one attached hydrogen (secondary N) is 1. The number of carboxylic acids is 1. The average Bonchev–Trinajstić information content (AvgIpc) is 2.88. The Hall–Kier alpha value is -2.47. The molecule has 21 heavy (non-hydrogen) atoms. The van der Waals surface area contributed by atoms with Crippen LogP contribution >= 0.6 is 11.3 Å². The summed E-state index contributed by atoms with van der Waals surface area (Å²) in [6.07, 6.45) is 5.36. The molecule has 0 bridgehead atoms. The van der Waals surface area contributed by atoms with Gasteiger partial charge >= 0.3 is 5.97 Å². The molecule has 1 amide bonds. The molecule has 0 spiro atoms. The molecule has 2 N–H and O–H groups in total. The number of thiophene rings is 1. The lowest BCUT2D eigenvalue weighted by molar-refractivity contribution is -0.131. The van der Waals surface area contributed by atoms with Crippen LogP contribution in [-0.4, -0.2) is 22.0 Å². The number of aromatic nitrogens is 1. The fraction of sp³-hybridized carbons (Fsp3) is 0.133. The van der Waals surface area contributed by atoms with Gasteiger partial charge in [0.15, 0.2) is 0 Å². The Morgan fingerprint density at radius 2 is 2.24 bits per heavy atom. The van der Waals surface area contributed by atoms with Crippen molar-refractivity contribution in [1.82, 2.24) is 10.3 Å². The van der Waals surface area contributed by atoms with E-state index in [1.54, 1.807) is 17.4 Å². The molecule has 2 heterocycles. The van der Waals surface area contributed by atoms with E-state index >= 15 is 0 Å². The molecule has 0 saturated carbocycles. The molecule has 5 nitrogen and oxygen atoms in total. The number of nitrogens with zero attached hydrogens (tertiary/aromatic N) is 1. The van der Waals surface area contributed by atoms with E-state index < -0.39 is 5.97 Å². The minimum absolute atomic E-state index is 0.235. The smallest absolute Gasteiger partial charge is 0.328 e. The summed E-state index contributed by atoms with van der Waals surface area (Å²) >= 11 is 1.59. The van der Waals surface area contributed by atoms with Gasteiger partial charge in [0.2, 0.25) is 0 Å². The molecule has 6 heteroatoms. The lowest BCUT2D eigenvalue weighted by Gasteiger charge is -2.05. The number of hydrogen-bond acceptors (Lipinski definition) is 4. The van der Waals surface area contributed by atoms with Gasteiger partial charge in [-0.1, -0.05) is 0 Å². The minimum Gasteiger partial charge on any atom is -0.478 e. The number of carbonyl (C=O) groups excluding carboxylic acids is 1. The highest BCUT2D eigenvalue weighted by Crippen LogP contribution is 2.15. The largest absolute Gasteiger partial charge is 0.478 e. The molecular weight excluding hydrogens is 288 g/mol. The number of aliphatic carboxylic acids is 1. The molecule has 2 rings (SSSR count). The Bertz CT molecular complexity index is 692. The van der Waals surface area contributed by atoms with Gasteiger partial charge in [0.05, 0.1) is 12.1 Å². The van der Waals surface area contributed by atoms with Crippen LogP contribution in [-0.2, 0) is 11.3 Å². The van der Waals surface area contributed by atoms with Gasteiger partial charge in [0, 0.05) is 23.3 Å². The molecule has 0 aliphatic carbocycles. The first-order valence-electron chi connectivity index (χ1n) is 6.23. The number of aryl methyl sites for hydroxylation is 1. The van der Waals surface area contributed by atoms with E-state index in [1.807, 2.05) is 18.4 Å². The van der Waals surface area contributed by atoms with Crippen LogP contribution in [0.5, 0.6) is 0 Å². The molecular formula is C15H14N2O3S. The summed E-state index contributed by atoms with van der Waals surface area (Å²) in [6.45, 7) is 2.47. The minimum atomic E-state index is -1.04. The lowest BCUT2D eigenvalue weighted by atomic mass is 10.2. The van der Waals surface area contributed by atoms with E-state index in [0.717, 1.165) is 16.5 Å². The van der Waals surface area contributed by atoms with Crippen LogP contribution in [0.2, 0.25) is 0 Å². The summed E-state index contributed by atoms with van der Waals surface area (Å²) in [5.41, 5.74) is 2.12. The van der Waals surface area contributed by atoms with Crippen molar-refractivity contribution in [2.24, 2.45) is 0 Å². The number of rotatable bonds is 5. The van der Waals surface area contributed by atoms with Gasteiger partial charge < -0.3 is 10.4 Å². The zero-order valence-corrected chi connectivity index (χ0v) is 12.2. The van der Waals surface area contributed by atoms with Gasteiger partial charge in [0.25, 0.3) is 5.91 Å². The normalized spacial score (nSPS) is 10.7. The van der Waals surface area contributed by atoms with E-state index in [0.29, 0.717) is 17.7 Å². The van der Waals surface area contributed by atoms with Crippen molar-refractivity contribution in [2.75, 3.05) is 0 Å². The van der Waals surface area contributed by atoms with Crippen LogP contribution in [0.15, 0.2) is 36.0 Å². The van der Waals surface area contributed by atoms with Crippen LogP contribution in [0.3, 0.4) is 0 Å². The van der Waals surface area contributed by atoms with Gasteiger partial charge in [-0.3, -0.25) is 9.78 Å². The number of carbonyl (C=O) groups is 2. The van der Waals surface area contributed by atoms with E-state index in [9.17, 15) is 9.59 Å². The summed E-state index contributed by atoms with van der Waals surface area (Å²) in [6, 6.07) is 3.61. The topological polar surface area (TPSA) is 79.3 Å². The average molecular weight is 302 g/mol. The maximum Gasteiger partial charge on any atom is 0.328 e. The zero-order valence-electron chi connectivity index (χ0n) is 11.4. The molecule has 0 unspecified atom stereocenters. The van der Waals surface area contributed by atoms with Gasteiger partial charge in [0.1, 0.15) is 0 Å². The van der Waals surface area contributed by atoms with Crippen molar-refractivity contribution >= 4 is 29.3 Å². The Morgan fingerprint density at radius 3 is 2.90 bits per heavy atom. The predicted molar refractivity (Wildman–Crippen MR) is 81.1 cm³/mol. The first-order chi connectivity index (χ1) is 10.1. The maximum atomic E-state index is 12.1. The molecule has 0 radical (unpaired) electrons. The van der Waals surface area contributed by atoms with Crippen molar-refractivity contribution in [3.63, 3.8) is 0 Å². The maximum absolute atomic E-state index is 12.1. The third kappa shape index (κ3) is 4.25. The van der Waals surface area contributed by atoms with Crippen LogP contribution in [0.25, 0.3) is 6.08 Å². The summed E-state index contributed by atoms with van der Waals surface area (Å²) < 4.78 is 0. The lowest BCUT2D eigenvalue weighted by Crippen LogP contribution is -2.22. The third-order valence-electron chi connectivity index (χ3n) is 2.82. The molecule has 0 aliphatic rings. The van der Waals surface area contributed by atoms with Gasteiger partial charge in [-0.15, -0.1) is 11.3 Å². The van der Waals surface area contributed by atoms with Crippen molar-refractivity contribution < 1.29 is 14.7 Å². The van der Waals surface area contributed by atoms with Gasteiger partial charge in [-0.2, -0.15) is 0 Å². The SMILES string of the molecule is Cc1ccsc1CNC(=O)c1cncc(/C=C/C(=O)O)c1. The Morgan fingerprint density at radius 1 is 1.43 bits per heavy atom. The van der Waals surface area contributed by atoms with Crippen LogP contribution < -0.4 is 5.32 Å². The zero-order chi connectivity index (χ0) is 15.2. The van der Waals surface area contributed by atoms with Gasteiger partial charge in [-0.05, 0) is 41.6 Å². The first-order valence-corrected chi connectivity index (χ1v) is 7.11. The molecule has 108 valence electrons. The first kappa shape index (κ1) is 14.9. The van der Waals surface area contributed by atoms with Crippen molar-refractivity contribution in [3.05, 3.63) is 57.6 Å². The molecule has 0 aromatic carbocycles. The second-order valence-corrected chi connectivity index (χ2v) is 5.39. The summed E-state index contributed by atoms with van der Waals surface area (Å²) in [4.78, 5) is 27.6. The molecule has 2 aromatic rings. The van der Waals surface area contributed by atoms with Crippen LogP contribution in [0, 0.1) is 6.92 Å². The van der Waals surface area contributed by atoms with Crippen LogP contribution in [0.1, 0.15) is 26.4 Å². The molecule has 0 atom stereocenters. The van der Waals surface area contributed by atoms with E-state index in [4.69, 9.17) is 5.11 Å². The van der Waals surface area contributed by atoms with Crippen molar-refractivity contribution in [2.45, 2.75) is 13.5 Å². The predicted octanol–water partition coefficient (Wildman–Crippen LogP) is 2.48. The molecule has 2 aromatic heterocycles. The highest BCUT2D eigenvalue weighted by atomic mass is 32.1. The number of amides is 1. The van der Waals surface area contributed by atoms with Crippen molar-refractivity contribution in [3.8, 4) is 0 Å². The fourth-order valence-corrected chi connectivity index (χ4v) is 2.53. The number of carboxylic acid groups (broad SMARTS) is 1. The van der Waals surface area contributed by atoms with Crippen LogP contribution in [0.4, 0.5) is 0 Å². The summed E-state index contributed by atoms with van der Waals surface area (Å²) in [7, 11) is 0. The monoisotopic (exact) mass is 302 g/mol. The van der Waals surface area contributed by atoms with Crippen molar-refractivity contribution in [1.29, 1.82) is 0 Å². The highest BCUT2D eigenvalue weighted by molar-refractivity contribution is 7.10. The Balaban J connectivity index is 2.04. The molecule has 0 saturated heterocycles. The quantitative estimate of drug-likeness (QED) is 0.832. The van der Waals surface area contributed by atoms with Gasteiger partial charge in [-0.25, -0.2) is 4.79 Å². The molecule has 0 aliphatic heterocycles. The summed E-state index contributed by atoms with van der Waals surface area (Å²) in [5, 5.41) is 13.4. The summed E-state index contributed by atoms with van der Waals surface area (Å²) in [5.74, 6) is -1.28. The second-order valence-electron chi connectivity index (χ2n) is 4.39. The Kier molecular flexibility index (Phi) is 4.84. The number of hydrogen-bond donors (Lipinski definition) is 2. The van der Waals surface area contributed by atoms with E-state index in [-0.39, 0.29) is 5.91 Å². The number of pyridine rings is 1. The Labute approximate surface area is 126 Å². The fourth-order valence-electron chi connectivity index (χ4n) is 1.69. The molecule has 0 fully saturated rings. The standard InChI is InChI=1S/C15H14N2O3S/c1-10-4-5-21-13(10)9-17-15(20)12-6-11(7-16-8-12)2-3-14(18)19/h2-8H,9H2,1H3,(H,17,20)(H,18,19)/b3-2+. The third-order valence-corrected chi connectivity index (χ3v) is 3.84. The highest BCUT2D eigenvalue weighted by Gasteiger charge is 2.07.